The number of piperidine rings is 1. The summed E-state index contributed by atoms with van der Waals surface area (Å²) >= 11 is 0. The predicted molar refractivity (Wildman–Crippen MR) is 122 cm³/mol. The molecule has 170 valence electrons. The summed E-state index contributed by atoms with van der Waals surface area (Å²) in [6, 6.07) is 13.6. The Morgan fingerprint density at radius 3 is 2.25 bits per heavy atom. The third-order valence-electron chi connectivity index (χ3n) is 5.76. The van der Waals surface area contributed by atoms with Gasteiger partial charge in [0.1, 0.15) is 5.75 Å². The lowest BCUT2D eigenvalue weighted by atomic mass is 9.96. The second-order valence-electron chi connectivity index (χ2n) is 7.73. The number of nitrogens with one attached hydrogen (secondary N) is 2. The highest BCUT2D eigenvalue weighted by molar-refractivity contribution is 6.05. The number of likely N-dealkylation sites (tertiary alicyclic amines) is 1. The summed E-state index contributed by atoms with van der Waals surface area (Å²) < 4.78 is 10.1. The molecule has 0 aliphatic carbocycles. The predicted octanol–water partition coefficient (Wildman–Crippen LogP) is 3.16. The molecule has 2 N–H and O–H groups in total. The van der Waals surface area contributed by atoms with Gasteiger partial charge in [0.2, 0.25) is 5.91 Å². The first kappa shape index (κ1) is 23.3. The van der Waals surface area contributed by atoms with Gasteiger partial charge in [-0.2, -0.15) is 0 Å². The number of rotatable bonds is 7. The van der Waals surface area contributed by atoms with Gasteiger partial charge in [-0.3, -0.25) is 19.3 Å². The van der Waals surface area contributed by atoms with Gasteiger partial charge in [0.25, 0.3) is 5.91 Å². The van der Waals surface area contributed by atoms with Crippen molar-refractivity contribution in [2.75, 3.05) is 37.9 Å². The lowest BCUT2D eigenvalue weighted by molar-refractivity contribution is -0.147. The van der Waals surface area contributed by atoms with Crippen LogP contribution in [-0.4, -0.2) is 56.0 Å². The van der Waals surface area contributed by atoms with Crippen molar-refractivity contribution in [2.24, 2.45) is 5.92 Å². The minimum absolute atomic E-state index is 0.0962. The van der Waals surface area contributed by atoms with E-state index in [4.69, 9.17) is 9.47 Å². The number of methoxy groups -OCH3 is 2. The highest BCUT2D eigenvalue weighted by Crippen LogP contribution is 2.24. The Morgan fingerprint density at radius 1 is 0.969 bits per heavy atom. The van der Waals surface area contributed by atoms with Crippen LogP contribution >= 0.6 is 0 Å². The van der Waals surface area contributed by atoms with Crippen LogP contribution in [0.25, 0.3) is 0 Å². The molecule has 1 heterocycles. The summed E-state index contributed by atoms with van der Waals surface area (Å²) in [6.45, 7) is 3.18. The molecule has 2 aromatic rings. The molecule has 1 aliphatic rings. The zero-order chi connectivity index (χ0) is 23.1. The number of anilines is 2. The smallest absolute Gasteiger partial charge is 0.308 e. The molecule has 1 fully saturated rings. The van der Waals surface area contributed by atoms with E-state index in [1.54, 1.807) is 43.5 Å². The average molecular weight is 440 g/mol. The van der Waals surface area contributed by atoms with Crippen LogP contribution in [0.3, 0.4) is 0 Å². The molecular weight excluding hydrogens is 410 g/mol. The Hall–Kier alpha value is -3.39. The lowest BCUT2D eigenvalue weighted by Crippen LogP contribution is -2.47. The zero-order valence-electron chi connectivity index (χ0n) is 18.6. The topological polar surface area (TPSA) is 97.0 Å². The van der Waals surface area contributed by atoms with Crippen LogP contribution in [0.5, 0.6) is 5.75 Å². The summed E-state index contributed by atoms with van der Waals surface area (Å²) in [5.41, 5.74) is 1.66. The van der Waals surface area contributed by atoms with Gasteiger partial charge in [0.05, 0.1) is 31.9 Å². The molecule has 1 atom stereocenters. The molecule has 0 unspecified atom stereocenters. The van der Waals surface area contributed by atoms with Gasteiger partial charge in [0, 0.05) is 11.3 Å². The number of para-hydroxylation sites is 2. The molecule has 8 nitrogen and oxygen atoms in total. The van der Waals surface area contributed by atoms with Crippen molar-refractivity contribution in [1.82, 2.24) is 4.90 Å². The van der Waals surface area contributed by atoms with E-state index >= 15 is 0 Å². The van der Waals surface area contributed by atoms with Crippen LogP contribution in [0, 0.1) is 5.92 Å². The van der Waals surface area contributed by atoms with Crippen LogP contribution in [0.1, 0.15) is 30.1 Å². The van der Waals surface area contributed by atoms with Crippen LogP contribution in [0.15, 0.2) is 48.5 Å². The van der Waals surface area contributed by atoms with E-state index < -0.39 is 0 Å². The van der Waals surface area contributed by atoms with E-state index in [1.807, 2.05) is 19.1 Å². The van der Waals surface area contributed by atoms with E-state index in [0.29, 0.717) is 48.6 Å². The Bertz CT molecular complexity index is 952. The van der Waals surface area contributed by atoms with Crippen molar-refractivity contribution >= 4 is 29.2 Å². The van der Waals surface area contributed by atoms with Crippen molar-refractivity contribution in [3.05, 3.63) is 54.1 Å². The largest absolute Gasteiger partial charge is 0.495 e. The molecule has 8 heteroatoms. The molecule has 0 saturated carbocycles. The fourth-order valence-electron chi connectivity index (χ4n) is 3.75. The normalized spacial score (nSPS) is 15.5. The van der Waals surface area contributed by atoms with Gasteiger partial charge >= 0.3 is 5.97 Å². The molecular formula is C24H29N3O5. The SMILES string of the molecule is COC(=O)C1CCN([C@@H](C)C(=O)Nc2ccc(C(=O)Nc3ccccc3OC)cc2)CC1. The number of benzene rings is 2. The Balaban J connectivity index is 1.54. The molecule has 3 rings (SSSR count). The molecule has 0 aromatic heterocycles. The monoisotopic (exact) mass is 439 g/mol. The van der Waals surface area contributed by atoms with Crippen molar-refractivity contribution in [3.63, 3.8) is 0 Å². The molecule has 0 bridgehead atoms. The zero-order valence-corrected chi connectivity index (χ0v) is 18.6. The van der Waals surface area contributed by atoms with Crippen molar-refractivity contribution < 1.29 is 23.9 Å². The van der Waals surface area contributed by atoms with Gasteiger partial charge in [-0.05, 0) is 69.3 Å². The minimum atomic E-state index is -0.331. The Morgan fingerprint density at radius 2 is 1.62 bits per heavy atom. The Kier molecular flexibility index (Phi) is 7.83. The summed E-state index contributed by atoms with van der Waals surface area (Å²) in [5, 5.41) is 5.72. The highest BCUT2D eigenvalue weighted by atomic mass is 16.5. The van der Waals surface area contributed by atoms with Crippen LogP contribution in [-0.2, 0) is 14.3 Å². The summed E-state index contributed by atoms with van der Waals surface area (Å²) in [5.74, 6) is -0.103. The number of ether oxygens (including phenoxy) is 2. The first-order chi connectivity index (χ1) is 15.4. The maximum Gasteiger partial charge on any atom is 0.308 e. The lowest BCUT2D eigenvalue weighted by Gasteiger charge is -2.34. The quantitative estimate of drug-likeness (QED) is 0.644. The van der Waals surface area contributed by atoms with E-state index in [2.05, 4.69) is 15.5 Å². The number of hydrogen-bond acceptors (Lipinski definition) is 6. The number of amides is 2. The molecule has 0 radical (unpaired) electrons. The first-order valence-electron chi connectivity index (χ1n) is 10.6. The van der Waals surface area contributed by atoms with E-state index in [0.717, 1.165) is 0 Å². The third kappa shape index (κ3) is 5.64. The van der Waals surface area contributed by atoms with Gasteiger partial charge < -0.3 is 20.1 Å². The second-order valence-corrected chi connectivity index (χ2v) is 7.73. The van der Waals surface area contributed by atoms with E-state index in [1.165, 1.54) is 7.11 Å². The number of hydrogen-bond donors (Lipinski definition) is 2. The second kappa shape index (κ2) is 10.8. The Labute approximate surface area is 187 Å². The van der Waals surface area contributed by atoms with Crippen LogP contribution < -0.4 is 15.4 Å². The first-order valence-corrected chi connectivity index (χ1v) is 10.6. The van der Waals surface area contributed by atoms with E-state index in [9.17, 15) is 14.4 Å². The average Bonchev–Trinajstić information content (AvgIpc) is 2.83. The number of carbonyl (C=O) groups is 3. The molecule has 1 aliphatic heterocycles. The summed E-state index contributed by atoms with van der Waals surface area (Å²) in [4.78, 5) is 38.9. The summed E-state index contributed by atoms with van der Waals surface area (Å²) in [7, 11) is 2.95. The fraction of sp³-hybridized carbons (Fsp3) is 0.375. The maximum absolute atomic E-state index is 12.7. The summed E-state index contributed by atoms with van der Waals surface area (Å²) in [6.07, 6.45) is 1.36. The molecule has 2 amide bonds. The maximum atomic E-state index is 12.7. The molecule has 32 heavy (non-hydrogen) atoms. The van der Waals surface area contributed by atoms with Crippen molar-refractivity contribution in [2.45, 2.75) is 25.8 Å². The number of carbonyl (C=O) groups excluding carboxylic acids is 3. The van der Waals surface area contributed by atoms with Gasteiger partial charge in [-0.25, -0.2) is 0 Å². The fourth-order valence-corrected chi connectivity index (χ4v) is 3.75. The van der Waals surface area contributed by atoms with Gasteiger partial charge in [0.15, 0.2) is 0 Å². The van der Waals surface area contributed by atoms with Gasteiger partial charge in [-0.1, -0.05) is 12.1 Å². The van der Waals surface area contributed by atoms with Crippen LogP contribution in [0.2, 0.25) is 0 Å². The molecule has 0 spiro atoms. The minimum Gasteiger partial charge on any atom is -0.495 e. The van der Waals surface area contributed by atoms with Crippen molar-refractivity contribution in [1.29, 1.82) is 0 Å². The van der Waals surface area contributed by atoms with E-state index in [-0.39, 0.29) is 29.7 Å². The van der Waals surface area contributed by atoms with Crippen molar-refractivity contribution in [3.8, 4) is 5.75 Å². The van der Waals surface area contributed by atoms with Crippen LogP contribution in [0.4, 0.5) is 11.4 Å². The molecule has 1 saturated heterocycles. The highest BCUT2D eigenvalue weighted by Gasteiger charge is 2.30. The number of nitrogens with zero attached hydrogens (tertiary/aromatic N) is 1. The standard InChI is InChI=1S/C24H29N3O5/c1-16(27-14-12-18(13-15-27)24(30)32-3)22(28)25-19-10-8-17(9-11-19)23(29)26-20-6-4-5-7-21(20)31-2/h4-11,16,18H,12-15H2,1-3H3,(H,25,28)(H,26,29)/t16-/m0/s1. The third-order valence-corrected chi connectivity index (χ3v) is 5.76. The van der Waals surface area contributed by atoms with Gasteiger partial charge in [-0.15, -0.1) is 0 Å². The molecule has 2 aromatic carbocycles. The number of esters is 1.